The van der Waals surface area contributed by atoms with Crippen LogP contribution in [0.2, 0.25) is 0 Å². The van der Waals surface area contributed by atoms with Gasteiger partial charge >= 0.3 is 0 Å². The fraction of sp³-hybridized carbons (Fsp3) is 0.581. The second kappa shape index (κ2) is 43.3. The molecule has 2 rings (SSSR count). The Balaban J connectivity index is -0.000000317. The van der Waals surface area contributed by atoms with Crippen molar-refractivity contribution in [1.29, 1.82) is 0 Å². The molecule has 0 atom stereocenters. The van der Waals surface area contributed by atoms with Crippen LogP contribution in [0.25, 0.3) is 0 Å². The van der Waals surface area contributed by atoms with E-state index in [1.54, 1.807) is 28.3 Å². The van der Waals surface area contributed by atoms with E-state index in [2.05, 4.69) is 36.6 Å². The third-order valence-corrected chi connectivity index (χ3v) is 6.31. The number of aryl methyl sites for hydroxylation is 1. The lowest BCUT2D eigenvalue weighted by atomic mass is 10.1. The predicted molar refractivity (Wildman–Crippen MR) is 220 cm³/mol. The van der Waals surface area contributed by atoms with Crippen molar-refractivity contribution < 1.29 is 33.3 Å². The van der Waals surface area contributed by atoms with Crippen LogP contribution in [-0.2, 0) is 36.6 Å². The minimum Gasteiger partial charge on any atom is -0.497 e. The summed E-state index contributed by atoms with van der Waals surface area (Å²) < 4.78 is 26.4. The van der Waals surface area contributed by atoms with Crippen molar-refractivity contribution >= 4 is 11.8 Å². The second-order valence-corrected chi connectivity index (χ2v) is 10.5. The van der Waals surface area contributed by atoms with Crippen LogP contribution in [0.1, 0.15) is 99.6 Å². The Kier molecular flexibility index (Phi) is 45.8. The Morgan fingerprint density at radius 3 is 1.44 bits per heavy atom. The molecular weight excluding hydrogens is 656 g/mol. The van der Waals surface area contributed by atoms with Crippen LogP contribution in [0.3, 0.4) is 0 Å². The monoisotopic (exact) mass is 733 g/mol. The van der Waals surface area contributed by atoms with Crippen LogP contribution in [0.15, 0.2) is 72.5 Å². The van der Waals surface area contributed by atoms with Crippen LogP contribution in [0, 0.1) is 5.92 Å². The van der Waals surface area contributed by atoms with E-state index in [-0.39, 0.29) is 11.8 Å². The van der Waals surface area contributed by atoms with Crippen LogP contribution in [-0.4, -0.2) is 73.2 Å². The largest absolute Gasteiger partial charge is 0.497 e. The minimum atomic E-state index is 0.00875. The van der Waals surface area contributed by atoms with Gasteiger partial charge in [0.25, 0.3) is 0 Å². The maximum Gasteiger partial charge on any atom is 0.222 e. The first-order valence-electron chi connectivity index (χ1n) is 19.0. The second-order valence-electron chi connectivity index (χ2n) is 10.5. The molecule has 0 aromatic heterocycles. The molecule has 0 saturated carbocycles. The molecule has 2 N–H and O–H groups in total. The van der Waals surface area contributed by atoms with Gasteiger partial charge in [0, 0.05) is 33.5 Å². The van der Waals surface area contributed by atoms with E-state index in [4.69, 9.17) is 23.7 Å². The molecule has 300 valence electrons. The molecule has 9 heteroatoms. The maximum atomic E-state index is 10.9. The quantitative estimate of drug-likeness (QED) is 0.0843. The topological polar surface area (TPSA) is 104 Å². The van der Waals surface area contributed by atoms with E-state index in [0.29, 0.717) is 45.2 Å². The highest BCUT2D eigenvalue weighted by molar-refractivity contribution is 5.75. The number of ether oxygens (including phenoxy) is 5. The molecule has 9 nitrogen and oxygen atoms in total. The highest BCUT2D eigenvalue weighted by Gasteiger charge is 2.00. The molecule has 0 bridgehead atoms. The van der Waals surface area contributed by atoms with Gasteiger partial charge in [0.1, 0.15) is 17.3 Å². The molecule has 0 radical (unpaired) electrons. The number of nitrogens with one attached hydrogen (secondary N) is 2. The van der Waals surface area contributed by atoms with Gasteiger partial charge in [0.05, 0.1) is 40.6 Å². The Labute approximate surface area is 318 Å². The summed E-state index contributed by atoms with van der Waals surface area (Å²) in [5, 5.41) is 5.12. The Bertz CT molecular complexity index is 1100. The summed E-state index contributed by atoms with van der Waals surface area (Å²) in [5.74, 6) is 3.31. The fourth-order valence-corrected chi connectivity index (χ4v) is 3.59. The third kappa shape index (κ3) is 36.0. The SMILES string of the molecule is C/C=C\C(=C/C)OCC(C)C.CC.CC.CC.CNC(=O)CCOCCCc1ccc(OC)cc1.CNC(=O)CCOCCc1ccc(OC)cc1. The summed E-state index contributed by atoms with van der Waals surface area (Å²) in [6, 6.07) is 15.9. The highest BCUT2D eigenvalue weighted by atomic mass is 16.5. The van der Waals surface area contributed by atoms with Crippen molar-refractivity contribution in [2.75, 3.05) is 61.3 Å². The molecule has 0 spiro atoms. The molecule has 2 aromatic rings. The van der Waals surface area contributed by atoms with Gasteiger partial charge in [-0.3, -0.25) is 9.59 Å². The summed E-state index contributed by atoms with van der Waals surface area (Å²) in [7, 11) is 6.57. The highest BCUT2D eigenvalue weighted by Crippen LogP contribution is 2.13. The van der Waals surface area contributed by atoms with Gasteiger partial charge in [-0.25, -0.2) is 0 Å². The maximum absolute atomic E-state index is 10.9. The van der Waals surface area contributed by atoms with Crippen molar-refractivity contribution in [2.24, 2.45) is 5.92 Å². The average Bonchev–Trinajstić information content (AvgIpc) is 3.20. The number of methoxy groups -OCH3 is 2. The van der Waals surface area contributed by atoms with Gasteiger partial charge in [0.15, 0.2) is 0 Å². The minimum absolute atomic E-state index is 0.00875. The van der Waals surface area contributed by atoms with Crippen LogP contribution in [0.4, 0.5) is 0 Å². The van der Waals surface area contributed by atoms with E-state index in [1.165, 1.54) is 11.1 Å². The van der Waals surface area contributed by atoms with Crippen LogP contribution >= 0.6 is 0 Å². The van der Waals surface area contributed by atoms with E-state index < -0.39 is 0 Å². The van der Waals surface area contributed by atoms with Gasteiger partial charge in [-0.2, -0.15) is 0 Å². The normalized spacial score (nSPS) is 9.87. The van der Waals surface area contributed by atoms with Gasteiger partial charge in [-0.05, 0) is 86.6 Å². The van der Waals surface area contributed by atoms with E-state index >= 15 is 0 Å². The molecule has 0 heterocycles. The molecule has 0 aliphatic rings. The molecular formula is C43H76N2O7. The van der Waals surface area contributed by atoms with Crippen LogP contribution < -0.4 is 20.1 Å². The van der Waals surface area contributed by atoms with Crippen LogP contribution in [0.5, 0.6) is 11.5 Å². The third-order valence-electron chi connectivity index (χ3n) is 6.31. The molecule has 0 aliphatic heterocycles. The van der Waals surface area contributed by atoms with E-state index in [1.807, 2.05) is 110 Å². The number of carbonyl (C=O) groups is 2. The summed E-state index contributed by atoms with van der Waals surface area (Å²) >= 11 is 0. The molecule has 0 unspecified atom stereocenters. The zero-order chi connectivity index (χ0) is 40.4. The van der Waals surface area contributed by atoms with Gasteiger partial charge < -0.3 is 34.3 Å². The number of benzene rings is 2. The molecule has 0 saturated heterocycles. The first kappa shape index (κ1) is 54.9. The molecule has 52 heavy (non-hydrogen) atoms. The van der Waals surface area contributed by atoms with Crippen molar-refractivity contribution in [1.82, 2.24) is 10.6 Å². The molecule has 2 aromatic carbocycles. The molecule has 0 aliphatic carbocycles. The molecule has 0 fully saturated rings. The van der Waals surface area contributed by atoms with Crippen molar-refractivity contribution in [3.63, 3.8) is 0 Å². The lowest BCUT2D eigenvalue weighted by Gasteiger charge is -2.08. The number of rotatable bonds is 19. The molecule has 2 amide bonds. The summed E-state index contributed by atoms with van der Waals surface area (Å²) in [6.45, 7) is 23.3. The number of carbonyl (C=O) groups excluding carboxylic acids is 2. The predicted octanol–water partition coefficient (Wildman–Crippen LogP) is 9.39. The number of allylic oxidation sites excluding steroid dienone is 3. The number of amides is 2. The lowest BCUT2D eigenvalue weighted by molar-refractivity contribution is -0.122. The fourth-order valence-electron chi connectivity index (χ4n) is 3.59. The Morgan fingerprint density at radius 1 is 0.654 bits per heavy atom. The Morgan fingerprint density at radius 2 is 1.08 bits per heavy atom. The van der Waals surface area contributed by atoms with Crippen molar-refractivity contribution in [3.8, 4) is 11.5 Å². The zero-order valence-corrected chi connectivity index (χ0v) is 35.4. The summed E-state index contributed by atoms with van der Waals surface area (Å²) in [4.78, 5) is 21.8. The average molecular weight is 733 g/mol. The van der Waals surface area contributed by atoms with Gasteiger partial charge in [0.2, 0.25) is 11.8 Å². The smallest absolute Gasteiger partial charge is 0.222 e. The number of hydrogen-bond acceptors (Lipinski definition) is 7. The zero-order valence-electron chi connectivity index (χ0n) is 35.4. The standard InChI is InChI=1S/C14H21NO3.C13H19NO3.C10H18O.3C2H6/c1-15-14(16)9-11-18-10-3-4-12-5-7-13(17-2)8-6-12;1-14-13(15)8-10-17-9-7-11-3-5-12(16-2)6-4-11;1-5-7-10(6-2)11-8-9(3)4;3*1-2/h5-8H,3-4,9-11H2,1-2H3,(H,15,16);3-6H,7-10H2,1-2H3,(H,14,15);5-7,9H,8H2,1-4H3;3*1-2H3/b;;7-5-,10-6+;;;. The van der Waals surface area contributed by atoms with Gasteiger partial charge in [-0.15, -0.1) is 0 Å². The summed E-state index contributed by atoms with van der Waals surface area (Å²) in [6.07, 6.45) is 9.56. The van der Waals surface area contributed by atoms with Crippen molar-refractivity contribution in [2.45, 2.75) is 101 Å². The first-order valence-corrected chi connectivity index (χ1v) is 19.0. The number of hydrogen-bond donors (Lipinski definition) is 2. The van der Waals surface area contributed by atoms with Gasteiger partial charge in [-0.1, -0.05) is 85.7 Å². The lowest BCUT2D eigenvalue weighted by Crippen LogP contribution is -2.19. The van der Waals surface area contributed by atoms with Crippen molar-refractivity contribution in [3.05, 3.63) is 83.6 Å². The first-order chi connectivity index (χ1) is 25.2. The van der Waals surface area contributed by atoms with E-state index in [9.17, 15) is 9.59 Å². The van der Waals surface area contributed by atoms with E-state index in [0.717, 1.165) is 43.1 Å². The summed E-state index contributed by atoms with van der Waals surface area (Å²) in [5.41, 5.74) is 2.47. The Hall–Kier alpha value is -3.82.